The Hall–Kier alpha value is -1.28. The largest absolute Gasteiger partial charge is 0.461 e. The molecule has 1 heterocycles. The van der Waals surface area contributed by atoms with Crippen LogP contribution in [0, 0.1) is 0 Å². The molecule has 66 valence electrons. The third kappa shape index (κ3) is 1.58. The van der Waals surface area contributed by atoms with Crippen molar-refractivity contribution < 1.29 is 9.21 Å². The second-order valence-electron chi connectivity index (χ2n) is 2.77. The number of furan rings is 1. The molecule has 0 radical (unpaired) electrons. The van der Waals surface area contributed by atoms with Crippen molar-refractivity contribution in [1.82, 2.24) is 0 Å². The van der Waals surface area contributed by atoms with Crippen molar-refractivity contribution in [2.45, 2.75) is 6.42 Å². The molecule has 3 heteroatoms. The van der Waals surface area contributed by atoms with E-state index >= 15 is 0 Å². The van der Waals surface area contributed by atoms with Crippen LogP contribution in [0.4, 0.5) is 0 Å². The molecule has 0 N–H and O–H groups in total. The highest BCUT2D eigenvalue weighted by molar-refractivity contribution is 6.31. The van der Waals surface area contributed by atoms with Gasteiger partial charge in [0.1, 0.15) is 17.6 Å². The monoisotopic (exact) mass is 194 g/mol. The van der Waals surface area contributed by atoms with Crippen LogP contribution in [0.15, 0.2) is 28.7 Å². The maximum Gasteiger partial charge on any atom is 0.134 e. The molecule has 0 saturated carbocycles. The van der Waals surface area contributed by atoms with Crippen molar-refractivity contribution in [2.24, 2.45) is 0 Å². The average molecular weight is 195 g/mol. The zero-order chi connectivity index (χ0) is 9.26. The predicted octanol–water partition coefficient (Wildman–Crippen LogP) is 2.83. The number of aldehydes is 1. The van der Waals surface area contributed by atoms with Crippen LogP contribution in [0.25, 0.3) is 11.0 Å². The number of hydrogen-bond acceptors (Lipinski definition) is 2. The van der Waals surface area contributed by atoms with E-state index in [4.69, 9.17) is 16.0 Å². The third-order valence-electron chi connectivity index (χ3n) is 1.81. The van der Waals surface area contributed by atoms with E-state index in [1.54, 1.807) is 12.1 Å². The van der Waals surface area contributed by atoms with Crippen LogP contribution >= 0.6 is 11.6 Å². The summed E-state index contributed by atoms with van der Waals surface area (Å²) in [6.07, 6.45) is 1.13. The maximum atomic E-state index is 10.2. The van der Waals surface area contributed by atoms with Crippen LogP contribution in [-0.2, 0) is 11.2 Å². The second kappa shape index (κ2) is 3.23. The number of hydrogen-bond donors (Lipinski definition) is 0. The minimum atomic E-state index is 0.312. The van der Waals surface area contributed by atoms with Crippen molar-refractivity contribution >= 4 is 28.9 Å². The Balaban J connectivity index is 2.55. The molecule has 0 unspecified atom stereocenters. The van der Waals surface area contributed by atoms with Crippen molar-refractivity contribution in [3.05, 3.63) is 35.0 Å². The summed E-state index contributed by atoms with van der Waals surface area (Å²) in [5, 5.41) is 1.61. The minimum Gasteiger partial charge on any atom is -0.461 e. The van der Waals surface area contributed by atoms with Gasteiger partial charge in [-0.25, -0.2) is 0 Å². The Morgan fingerprint density at radius 3 is 3.00 bits per heavy atom. The Morgan fingerprint density at radius 1 is 1.38 bits per heavy atom. The summed E-state index contributed by atoms with van der Waals surface area (Å²) in [6.45, 7) is 0. The lowest BCUT2D eigenvalue weighted by molar-refractivity contribution is -0.107. The molecule has 2 nitrogen and oxygen atoms in total. The molecule has 0 saturated heterocycles. The fourth-order valence-corrected chi connectivity index (χ4v) is 1.43. The summed E-state index contributed by atoms with van der Waals surface area (Å²) < 4.78 is 5.37. The van der Waals surface area contributed by atoms with Crippen LogP contribution in [0.1, 0.15) is 5.76 Å². The Morgan fingerprint density at radius 2 is 2.23 bits per heavy atom. The zero-order valence-electron chi connectivity index (χ0n) is 6.79. The van der Waals surface area contributed by atoms with Crippen LogP contribution < -0.4 is 0 Å². The number of carbonyl (C=O) groups is 1. The normalized spacial score (nSPS) is 10.5. The van der Waals surface area contributed by atoms with Gasteiger partial charge in [-0.15, -0.1) is 0 Å². The smallest absolute Gasteiger partial charge is 0.134 e. The van der Waals surface area contributed by atoms with Crippen molar-refractivity contribution in [3.63, 3.8) is 0 Å². The Kier molecular flexibility index (Phi) is 2.07. The summed E-state index contributed by atoms with van der Waals surface area (Å²) in [6, 6.07) is 7.20. The molecule has 0 aliphatic rings. The third-order valence-corrected chi connectivity index (χ3v) is 2.05. The number of fused-ring (bicyclic) bond motifs is 1. The summed E-state index contributed by atoms with van der Waals surface area (Å²) in [4.78, 5) is 10.2. The summed E-state index contributed by atoms with van der Waals surface area (Å²) in [5.41, 5.74) is 0.765. The molecule has 1 aromatic carbocycles. The van der Waals surface area contributed by atoms with Crippen molar-refractivity contribution in [1.29, 1.82) is 0 Å². The van der Waals surface area contributed by atoms with Gasteiger partial charge >= 0.3 is 0 Å². The number of carbonyl (C=O) groups excluding carboxylic acids is 1. The molecule has 0 aliphatic carbocycles. The molecule has 0 atom stereocenters. The van der Waals surface area contributed by atoms with Gasteiger partial charge in [0.15, 0.2) is 0 Å². The van der Waals surface area contributed by atoms with Crippen LogP contribution in [0.2, 0.25) is 5.02 Å². The van der Waals surface area contributed by atoms with Gasteiger partial charge in [-0.2, -0.15) is 0 Å². The van der Waals surface area contributed by atoms with Gasteiger partial charge in [-0.05, 0) is 24.3 Å². The fraction of sp³-hybridized carbons (Fsp3) is 0.100. The molecule has 0 fully saturated rings. The lowest BCUT2D eigenvalue weighted by Gasteiger charge is -1.87. The van der Waals surface area contributed by atoms with Gasteiger partial charge in [0.2, 0.25) is 0 Å². The topological polar surface area (TPSA) is 30.2 Å². The van der Waals surface area contributed by atoms with Gasteiger partial charge in [0.25, 0.3) is 0 Å². The number of halogens is 1. The fourth-order valence-electron chi connectivity index (χ4n) is 1.25. The van der Waals surface area contributed by atoms with Gasteiger partial charge in [-0.3, -0.25) is 0 Å². The highest BCUT2D eigenvalue weighted by Gasteiger charge is 2.02. The van der Waals surface area contributed by atoms with Crippen molar-refractivity contribution in [2.75, 3.05) is 0 Å². The minimum absolute atomic E-state index is 0.312. The van der Waals surface area contributed by atoms with Gasteiger partial charge in [0, 0.05) is 10.4 Å². The molecule has 0 spiro atoms. The molecule has 2 rings (SSSR count). The van der Waals surface area contributed by atoms with E-state index in [-0.39, 0.29) is 0 Å². The Bertz CT molecular complexity index is 445. The lowest BCUT2D eigenvalue weighted by atomic mass is 10.2. The van der Waals surface area contributed by atoms with E-state index in [0.717, 1.165) is 17.3 Å². The van der Waals surface area contributed by atoms with Crippen LogP contribution in [-0.4, -0.2) is 6.29 Å². The number of benzene rings is 1. The first-order valence-electron chi connectivity index (χ1n) is 3.91. The van der Waals surface area contributed by atoms with E-state index in [1.807, 2.05) is 12.1 Å². The van der Waals surface area contributed by atoms with Gasteiger partial charge < -0.3 is 9.21 Å². The maximum absolute atomic E-state index is 10.2. The van der Waals surface area contributed by atoms with E-state index in [9.17, 15) is 4.79 Å². The van der Waals surface area contributed by atoms with Crippen molar-refractivity contribution in [3.8, 4) is 0 Å². The standard InChI is InChI=1S/C10H7ClO2/c11-8-1-2-10-7(5-8)6-9(13-10)3-4-12/h1-2,4-6H,3H2. The Labute approximate surface area is 80.1 Å². The van der Waals surface area contributed by atoms with E-state index in [0.29, 0.717) is 17.2 Å². The molecule has 2 aromatic rings. The first kappa shape index (κ1) is 8.32. The number of rotatable bonds is 2. The highest BCUT2D eigenvalue weighted by atomic mass is 35.5. The molecular weight excluding hydrogens is 188 g/mol. The summed E-state index contributed by atoms with van der Waals surface area (Å²) >= 11 is 5.79. The predicted molar refractivity (Wildman–Crippen MR) is 51.0 cm³/mol. The molecule has 13 heavy (non-hydrogen) atoms. The summed E-state index contributed by atoms with van der Waals surface area (Å²) in [7, 11) is 0. The molecular formula is C10H7ClO2. The van der Waals surface area contributed by atoms with E-state index in [2.05, 4.69) is 0 Å². The average Bonchev–Trinajstić information content (AvgIpc) is 2.46. The quantitative estimate of drug-likeness (QED) is 0.689. The van der Waals surface area contributed by atoms with Crippen LogP contribution in [0.5, 0.6) is 0 Å². The van der Waals surface area contributed by atoms with Gasteiger partial charge in [0.05, 0.1) is 6.42 Å². The first-order chi connectivity index (χ1) is 6.29. The van der Waals surface area contributed by atoms with E-state index < -0.39 is 0 Å². The SMILES string of the molecule is O=CCc1cc2cc(Cl)ccc2o1. The highest BCUT2D eigenvalue weighted by Crippen LogP contribution is 2.22. The van der Waals surface area contributed by atoms with E-state index in [1.165, 1.54) is 0 Å². The summed E-state index contributed by atoms with van der Waals surface area (Å²) in [5.74, 6) is 0.673. The first-order valence-corrected chi connectivity index (χ1v) is 4.29. The van der Waals surface area contributed by atoms with Crippen LogP contribution in [0.3, 0.4) is 0 Å². The molecule has 0 aliphatic heterocycles. The molecule has 0 bridgehead atoms. The molecule has 1 aromatic heterocycles. The van der Waals surface area contributed by atoms with Gasteiger partial charge in [-0.1, -0.05) is 11.6 Å². The molecule has 0 amide bonds. The second-order valence-corrected chi connectivity index (χ2v) is 3.20. The zero-order valence-corrected chi connectivity index (χ0v) is 7.54. The lowest BCUT2D eigenvalue weighted by Crippen LogP contribution is -1.78.